The van der Waals surface area contributed by atoms with Gasteiger partial charge in [-0.15, -0.1) is 0 Å². The molecule has 0 bridgehead atoms. The average Bonchev–Trinajstić information content (AvgIpc) is 2.69. The van der Waals surface area contributed by atoms with Crippen LogP contribution in [0.1, 0.15) is 45.2 Å². The number of amides is 1. The molecule has 0 aliphatic heterocycles. The minimum Gasteiger partial charge on any atom is -0.496 e. The van der Waals surface area contributed by atoms with Crippen molar-refractivity contribution in [2.45, 2.75) is 52.6 Å². The number of anilines is 1. The first kappa shape index (κ1) is 24.0. The van der Waals surface area contributed by atoms with Gasteiger partial charge in [-0.2, -0.15) is 0 Å². The monoisotopic (exact) mass is 428 g/mol. The van der Waals surface area contributed by atoms with Crippen molar-refractivity contribution < 1.29 is 9.53 Å². The highest BCUT2D eigenvalue weighted by Gasteiger charge is 2.13. The average molecular weight is 429 g/mol. The highest BCUT2D eigenvalue weighted by Crippen LogP contribution is 2.24. The van der Waals surface area contributed by atoms with E-state index in [4.69, 9.17) is 16.3 Å². The number of benzene rings is 2. The van der Waals surface area contributed by atoms with Crippen LogP contribution < -0.4 is 10.1 Å². The third-order valence-electron chi connectivity index (χ3n) is 5.01. The minimum atomic E-state index is -0.183. The van der Waals surface area contributed by atoms with Crippen LogP contribution in [0.5, 0.6) is 5.75 Å². The number of ether oxygens (including phenoxy) is 1. The lowest BCUT2D eigenvalue weighted by atomic mass is 10.1. The quantitative estimate of drug-likeness (QED) is 0.468. The van der Waals surface area contributed by atoms with E-state index < -0.39 is 0 Å². The van der Waals surface area contributed by atoms with E-state index >= 15 is 0 Å². The van der Waals surface area contributed by atoms with E-state index in [1.165, 1.54) is 6.08 Å². The molecule has 162 valence electrons. The van der Waals surface area contributed by atoms with Gasteiger partial charge in [-0.05, 0) is 94.6 Å². The molecule has 1 amide bonds. The zero-order valence-electron chi connectivity index (χ0n) is 18.6. The molecule has 1 N–H and O–H groups in total. The minimum absolute atomic E-state index is 0.183. The highest BCUT2D eigenvalue weighted by atomic mass is 35.5. The lowest BCUT2D eigenvalue weighted by Gasteiger charge is -2.30. The maximum absolute atomic E-state index is 12.3. The second-order valence-corrected chi connectivity index (χ2v) is 8.37. The van der Waals surface area contributed by atoms with Crippen molar-refractivity contribution in [3.8, 4) is 5.75 Å². The molecular formula is C25H33ClN2O2. The highest BCUT2D eigenvalue weighted by molar-refractivity contribution is 6.30. The molecule has 0 spiro atoms. The Hall–Kier alpha value is -2.30. The second-order valence-electron chi connectivity index (χ2n) is 7.93. The second kappa shape index (κ2) is 11.8. The Kier molecular flexibility index (Phi) is 9.41. The molecule has 0 aliphatic carbocycles. The van der Waals surface area contributed by atoms with Crippen LogP contribution in [0.3, 0.4) is 0 Å². The number of hydrogen-bond donors (Lipinski definition) is 1. The first-order chi connectivity index (χ1) is 14.3. The third-order valence-corrected chi connectivity index (χ3v) is 5.25. The number of methoxy groups -OCH3 is 1. The Morgan fingerprint density at radius 3 is 2.50 bits per heavy atom. The molecule has 2 rings (SSSR count). The Morgan fingerprint density at radius 1 is 1.13 bits per heavy atom. The Balaban J connectivity index is 2.01. The van der Waals surface area contributed by atoms with Crippen LogP contribution in [-0.4, -0.2) is 36.5 Å². The van der Waals surface area contributed by atoms with Gasteiger partial charge in [0, 0.05) is 28.9 Å². The maximum Gasteiger partial charge on any atom is 0.248 e. The predicted octanol–water partition coefficient (Wildman–Crippen LogP) is 6.05. The number of carbonyl (C=O) groups excluding carboxylic acids is 1. The smallest absolute Gasteiger partial charge is 0.248 e. The summed E-state index contributed by atoms with van der Waals surface area (Å²) in [6.07, 6.45) is 5.18. The summed E-state index contributed by atoms with van der Waals surface area (Å²) in [5.41, 5.74) is 2.74. The molecule has 2 aromatic carbocycles. The summed E-state index contributed by atoms with van der Waals surface area (Å²) in [6.45, 7) is 9.94. The molecule has 0 saturated heterocycles. The standard InChI is InChI=1S/C25H33ClN2O2/c1-18(2)28(19(3)4)15-7-9-21-17-23(12-13-24(21)30-5)27-25(29)14-11-20-8-6-10-22(26)16-20/h6,8,10-14,16-19H,7,9,15H2,1-5H3,(H,27,29). The summed E-state index contributed by atoms with van der Waals surface area (Å²) >= 11 is 5.98. The Labute approximate surface area is 185 Å². The van der Waals surface area contributed by atoms with Gasteiger partial charge in [0.15, 0.2) is 0 Å². The van der Waals surface area contributed by atoms with Gasteiger partial charge < -0.3 is 10.1 Å². The molecule has 0 saturated carbocycles. The molecule has 0 fully saturated rings. The van der Waals surface area contributed by atoms with E-state index in [0.29, 0.717) is 17.1 Å². The van der Waals surface area contributed by atoms with Gasteiger partial charge in [-0.25, -0.2) is 0 Å². The van der Waals surface area contributed by atoms with E-state index in [-0.39, 0.29) is 5.91 Å². The molecule has 0 aliphatic rings. The van der Waals surface area contributed by atoms with Crippen molar-refractivity contribution >= 4 is 29.3 Å². The number of nitrogens with zero attached hydrogens (tertiary/aromatic N) is 1. The number of aryl methyl sites for hydroxylation is 1. The first-order valence-electron chi connectivity index (χ1n) is 10.5. The van der Waals surface area contributed by atoms with E-state index in [9.17, 15) is 4.79 Å². The normalized spacial score (nSPS) is 11.6. The number of nitrogens with one attached hydrogen (secondary N) is 1. The van der Waals surface area contributed by atoms with Crippen molar-refractivity contribution in [3.05, 3.63) is 64.7 Å². The Morgan fingerprint density at radius 2 is 1.87 bits per heavy atom. The zero-order valence-corrected chi connectivity index (χ0v) is 19.4. The van der Waals surface area contributed by atoms with E-state index in [2.05, 4.69) is 37.9 Å². The fourth-order valence-corrected chi connectivity index (χ4v) is 3.78. The molecule has 0 unspecified atom stereocenters. The number of halogens is 1. The predicted molar refractivity (Wildman–Crippen MR) is 127 cm³/mol. The Bertz CT molecular complexity index is 854. The van der Waals surface area contributed by atoms with E-state index in [1.807, 2.05) is 36.4 Å². The van der Waals surface area contributed by atoms with Crippen molar-refractivity contribution in [1.82, 2.24) is 4.90 Å². The topological polar surface area (TPSA) is 41.6 Å². The lowest BCUT2D eigenvalue weighted by Crippen LogP contribution is -2.37. The summed E-state index contributed by atoms with van der Waals surface area (Å²) in [5, 5.41) is 3.57. The van der Waals surface area contributed by atoms with Crippen LogP contribution in [-0.2, 0) is 11.2 Å². The van der Waals surface area contributed by atoms with Crippen LogP contribution in [0.4, 0.5) is 5.69 Å². The summed E-state index contributed by atoms with van der Waals surface area (Å²) in [5.74, 6) is 0.667. The molecule has 0 heterocycles. The molecular weight excluding hydrogens is 396 g/mol. The molecule has 2 aromatic rings. The fourth-order valence-electron chi connectivity index (χ4n) is 3.58. The SMILES string of the molecule is COc1ccc(NC(=O)C=Cc2cccc(Cl)c2)cc1CCCN(C(C)C)C(C)C. The number of hydrogen-bond acceptors (Lipinski definition) is 3. The van der Waals surface area contributed by atoms with Crippen molar-refractivity contribution in [3.63, 3.8) is 0 Å². The maximum atomic E-state index is 12.3. The van der Waals surface area contributed by atoms with Gasteiger partial charge in [0.25, 0.3) is 0 Å². The van der Waals surface area contributed by atoms with Crippen molar-refractivity contribution in [2.75, 3.05) is 19.0 Å². The van der Waals surface area contributed by atoms with E-state index in [1.54, 1.807) is 19.3 Å². The van der Waals surface area contributed by atoms with Gasteiger partial charge in [0.05, 0.1) is 7.11 Å². The molecule has 0 aromatic heterocycles. The molecule has 5 heteroatoms. The lowest BCUT2D eigenvalue weighted by molar-refractivity contribution is -0.111. The van der Waals surface area contributed by atoms with Crippen molar-refractivity contribution in [1.29, 1.82) is 0 Å². The molecule has 4 nitrogen and oxygen atoms in total. The molecule has 0 atom stereocenters. The van der Waals surface area contributed by atoms with Gasteiger partial charge in [-0.3, -0.25) is 9.69 Å². The largest absolute Gasteiger partial charge is 0.496 e. The number of carbonyl (C=O) groups is 1. The fraction of sp³-hybridized carbons (Fsp3) is 0.400. The van der Waals surface area contributed by atoms with Crippen LogP contribution in [0.15, 0.2) is 48.5 Å². The van der Waals surface area contributed by atoms with Crippen LogP contribution in [0.2, 0.25) is 5.02 Å². The first-order valence-corrected chi connectivity index (χ1v) is 10.8. The summed E-state index contributed by atoms with van der Waals surface area (Å²) < 4.78 is 5.52. The summed E-state index contributed by atoms with van der Waals surface area (Å²) in [7, 11) is 1.68. The van der Waals surface area contributed by atoms with Crippen LogP contribution in [0, 0.1) is 0 Å². The number of rotatable bonds is 10. The van der Waals surface area contributed by atoms with Gasteiger partial charge in [0.2, 0.25) is 5.91 Å². The van der Waals surface area contributed by atoms with Gasteiger partial charge >= 0.3 is 0 Å². The van der Waals surface area contributed by atoms with Gasteiger partial charge in [0.1, 0.15) is 5.75 Å². The zero-order chi connectivity index (χ0) is 22.1. The summed E-state index contributed by atoms with van der Waals surface area (Å²) in [4.78, 5) is 14.8. The molecule has 0 radical (unpaired) electrons. The van der Waals surface area contributed by atoms with Crippen LogP contribution >= 0.6 is 11.6 Å². The van der Waals surface area contributed by atoms with E-state index in [0.717, 1.165) is 42.0 Å². The van der Waals surface area contributed by atoms with Gasteiger partial charge in [-0.1, -0.05) is 23.7 Å². The van der Waals surface area contributed by atoms with Crippen LogP contribution in [0.25, 0.3) is 6.08 Å². The molecule has 30 heavy (non-hydrogen) atoms. The third kappa shape index (κ3) is 7.51. The van der Waals surface area contributed by atoms with Crippen molar-refractivity contribution in [2.24, 2.45) is 0 Å². The summed E-state index contributed by atoms with van der Waals surface area (Å²) in [6, 6.07) is 14.2.